The van der Waals surface area contributed by atoms with Gasteiger partial charge in [0.05, 0.1) is 0 Å². The van der Waals surface area contributed by atoms with E-state index in [9.17, 15) is 14.2 Å². The maximum atomic E-state index is 12.8. The van der Waals surface area contributed by atoms with E-state index in [1.165, 1.54) is 26.2 Å². The van der Waals surface area contributed by atoms with Crippen LogP contribution in [0.3, 0.4) is 0 Å². The summed E-state index contributed by atoms with van der Waals surface area (Å²) in [7, 11) is -0.871. The number of carbonyl (C=O) groups is 2. The predicted octanol–water partition coefficient (Wildman–Crippen LogP) is 8.70. The van der Waals surface area contributed by atoms with E-state index < -0.39 is 40.4 Å². The van der Waals surface area contributed by atoms with Crippen molar-refractivity contribution >= 4 is 124 Å². The van der Waals surface area contributed by atoms with Crippen molar-refractivity contribution in [2.75, 3.05) is 24.7 Å². The molecule has 2 atom stereocenters. The molecule has 0 heterocycles. The molecule has 2 rings (SSSR count). The largest absolute Gasteiger partial charge is 0.702 e. The molecule has 2 N–H and O–H groups in total. The Kier molecular flexibility index (Phi) is 12.6. The zero-order valence-electron chi connectivity index (χ0n) is 19.2. The molecule has 0 aromatic heterocycles. The molecule has 38 heavy (non-hydrogen) atoms. The molecule has 0 aliphatic heterocycles. The lowest BCUT2D eigenvalue weighted by atomic mass is 10.3. The third kappa shape index (κ3) is 10.4. The molecular formula is C20H18Cl8N4O5P+. The fraction of sp³-hybridized carbons (Fsp3) is 0.300. The van der Waals surface area contributed by atoms with Gasteiger partial charge in [0.15, 0.2) is 0 Å². The minimum absolute atomic E-state index is 0.321. The van der Waals surface area contributed by atoms with Crippen LogP contribution in [0.15, 0.2) is 48.5 Å². The van der Waals surface area contributed by atoms with E-state index in [-0.39, 0.29) is 0 Å². The number of halogens is 8. The van der Waals surface area contributed by atoms with Crippen molar-refractivity contribution in [2.45, 2.75) is 20.0 Å². The van der Waals surface area contributed by atoms with E-state index in [2.05, 4.69) is 10.6 Å². The van der Waals surface area contributed by atoms with Gasteiger partial charge >= 0.3 is 20.3 Å². The lowest BCUT2D eigenvalue weighted by molar-refractivity contribution is 0.0289. The van der Waals surface area contributed by atoms with Crippen LogP contribution in [0.1, 0.15) is 0 Å². The molecule has 4 amide bonds. The molecule has 18 heteroatoms. The Balaban J connectivity index is 2.16. The van der Waals surface area contributed by atoms with Gasteiger partial charge in [0.1, 0.15) is 0 Å². The van der Waals surface area contributed by atoms with E-state index >= 15 is 0 Å². The van der Waals surface area contributed by atoms with Crippen molar-refractivity contribution in [1.82, 2.24) is 9.80 Å². The van der Waals surface area contributed by atoms with Gasteiger partial charge in [-0.2, -0.15) is 0 Å². The topological polar surface area (TPSA) is 100 Å². The molecule has 0 fully saturated rings. The normalized spacial score (nSPS) is 13.8. The number of nitrogens with zero attached hydrogens (tertiary/aromatic N) is 2. The maximum absolute atomic E-state index is 12.8. The number of benzene rings is 2. The quantitative estimate of drug-likeness (QED) is 0.162. The molecular weight excluding hydrogens is 691 g/mol. The van der Waals surface area contributed by atoms with Gasteiger partial charge in [0.2, 0.25) is 20.0 Å². The highest BCUT2D eigenvalue weighted by Crippen LogP contribution is 2.44. The summed E-state index contributed by atoms with van der Waals surface area (Å²) >= 11 is 47.6. The fourth-order valence-electron chi connectivity index (χ4n) is 2.66. The van der Waals surface area contributed by atoms with Crippen molar-refractivity contribution in [1.29, 1.82) is 0 Å². The molecule has 0 saturated carbocycles. The highest BCUT2D eigenvalue weighted by atomic mass is 35.6. The van der Waals surface area contributed by atoms with Crippen LogP contribution in [0, 0.1) is 0 Å². The zero-order valence-corrected chi connectivity index (χ0v) is 26.1. The second-order valence-corrected chi connectivity index (χ2v) is 13.8. The number of hydrogen-bond donors (Lipinski definition) is 2. The Morgan fingerprint density at radius 3 is 1.39 bits per heavy atom. The van der Waals surface area contributed by atoms with E-state index in [4.69, 9.17) is 102 Å². The van der Waals surface area contributed by atoms with Crippen LogP contribution in [-0.4, -0.2) is 56.0 Å². The summed E-state index contributed by atoms with van der Waals surface area (Å²) in [6.45, 7) is 0. The highest BCUT2D eigenvalue weighted by Gasteiger charge is 2.51. The van der Waals surface area contributed by atoms with Gasteiger partial charge in [0, 0.05) is 40.1 Å². The second-order valence-electron chi connectivity index (χ2n) is 7.33. The maximum Gasteiger partial charge on any atom is 0.702 e. The number of nitrogens with one attached hydrogen (secondary N) is 2. The van der Waals surface area contributed by atoms with Crippen molar-refractivity contribution in [3.05, 3.63) is 58.6 Å². The lowest BCUT2D eigenvalue weighted by Gasteiger charge is -2.30. The molecule has 208 valence electrons. The molecule has 2 aromatic rings. The SMILES string of the molecule is CN(C(=O)Nc1cccc(Cl)c1)C(O[P+](=O)OC(N(C)C(=O)Nc1cccc(Cl)c1)C(Cl)(Cl)Cl)C(Cl)(Cl)Cl. The Labute approximate surface area is 259 Å². The number of urea groups is 2. The lowest BCUT2D eigenvalue weighted by Crippen LogP contribution is -2.49. The Morgan fingerprint density at radius 2 is 1.11 bits per heavy atom. The summed E-state index contributed by atoms with van der Waals surface area (Å²) in [6, 6.07) is 10.8. The molecule has 0 saturated heterocycles. The molecule has 2 unspecified atom stereocenters. The van der Waals surface area contributed by atoms with Crippen molar-refractivity contribution < 1.29 is 23.2 Å². The van der Waals surface area contributed by atoms with Gasteiger partial charge < -0.3 is 10.6 Å². The standard InChI is InChI=1S/C20H17Cl8N4O5P/c1-31(17(33)29-13-7-3-5-11(21)9-13)15(19(23,24)25)36-38(35)37-16(20(26,27)28)32(2)18(34)30-14-8-4-6-12(22)10-14/h3-10,15-16H,1-2H3,(H-,29,30,33,34)/p+1. The first-order valence-corrected chi connectivity index (χ1v) is 14.1. The first kappa shape index (κ1) is 33.5. The Hall–Kier alpha value is -0.680. The van der Waals surface area contributed by atoms with Gasteiger partial charge in [-0.1, -0.05) is 114 Å². The van der Waals surface area contributed by atoms with Crippen LogP contribution in [0.5, 0.6) is 0 Å². The van der Waals surface area contributed by atoms with Gasteiger partial charge in [-0.3, -0.25) is 9.80 Å². The fourth-order valence-corrected chi connectivity index (χ4v) is 5.53. The number of hydrogen-bond acceptors (Lipinski definition) is 5. The van der Waals surface area contributed by atoms with Gasteiger partial charge in [-0.15, -0.1) is 0 Å². The molecule has 2 aromatic carbocycles. The number of carbonyl (C=O) groups excluding carboxylic acids is 2. The first-order chi connectivity index (χ1) is 17.5. The summed E-state index contributed by atoms with van der Waals surface area (Å²) in [5.74, 6) is 0. The van der Waals surface area contributed by atoms with Crippen molar-refractivity contribution in [3.8, 4) is 0 Å². The number of alkyl halides is 6. The third-order valence-corrected chi connectivity index (χ3v) is 6.76. The average molecular weight is 709 g/mol. The molecule has 0 bridgehead atoms. The van der Waals surface area contributed by atoms with Crippen LogP contribution < -0.4 is 10.6 Å². The van der Waals surface area contributed by atoms with E-state index in [1.54, 1.807) is 36.4 Å². The summed E-state index contributed by atoms with van der Waals surface area (Å²) in [5, 5.41) is 5.74. The first-order valence-electron chi connectivity index (χ1n) is 10.0. The summed E-state index contributed by atoms with van der Waals surface area (Å²) < 4.78 is 18.6. The van der Waals surface area contributed by atoms with Crippen LogP contribution in [0.25, 0.3) is 0 Å². The summed E-state index contributed by atoms with van der Waals surface area (Å²) in [5.41, 5.74) is 0.642. The van der Waals surface area contributed by atoms with Crippen molar-refractivity contribution in [3.63, 3.8) is 0 Å². The van der Waals surface area contributed by atoms with Gasteiger partial charge in [0.25, 0.3) is 0 Å². The minimum Gasteiger partial charge on any atom is -0.308 e. The van der Waals surface area contributed by atoms with E-state index in [0.29, 0.717) is 21.4 Å². The van der Waals surface area contributed by atoms with Crippen LogP contribution in [0.2, 0.25) is 10.0 Å². The summed E-state index contributed by atoms with van der Waals surface area (Å²) in [4.78, 5) is 27.1. The zero-order chi connectivity index (χ0) is 28.8. The van der Waals surface area contributed by atoms with Crippen LogP contribution in [-0.2, 0) is 13.6 Å². The van der Waals surface area contributed by atoms with E-state index in [0.717, 1.165) is 9.80 Å². The molecule has 0 radical (unpaired) electrons. The molecule has 0 spiro atoms. The van der Waals surface area contributed by atoms with Gasteiger partial charge in [-0.05, 0) is 36.4 Å². The third-order valence-electron chi connectivity index (χ3n) is 4.43. The number of anilines is 2. The van der Waals surface area contributed by atoms with Crippen LogP contribution >= 0.6 is 101 Å². The van der Waals surface area contributed by atoms with Crippen molar-refractivity contribution in [2.24, 2.45) is 0 Å². The molecule has 0 aliphatic carbocycles. The summed E-state index contributed by atoms with van der Waals surface area (Å²) in [6.07, 6.45) is -3.53. The molecule has 9 nitrogen and oxygen atoms in total. The van der Waals surface area contributed by atoms with Gasteiger partial charge in [-0.25, -0.2) is 9.59 Å². The predicted molar refractivity (Wildman–Crippen MR) is 154 cm³/mol. The smallest absolute Gasteiger partial charge is 0.308 e. The number of rotatable bonds is 8. The average Bonchev–Trinajstić information content (AvgIpc) is 2.78. The van der Waals surface area contributed by atoms with E-state index in [1.807, 2.05) is 0 Å². The molecule has 0 aliphatic rings. The Bertz CT molecular complexity index is 1080. The number of amides is 4. The minimum atomic E-state index is -3.27. The second kappa shape index (κ2) is 14.3. The monoisotopic (exact) mass is 705 g/mol. The highest BCUT2D eigenvalue weighted by molar-refractivity contribution is 7.33. The Morgan fingerprint density at radius 1 is 0.763 bits per heavy atom. The van der Waals surface area contributed by atoms with Crippen LogP contribution in [0.4, 0.5) is 21.0 Å².